The number of ether oxygens (including phenoxy) is 1. The van der Waals surface area contributed by atoms with Crippen LogP contribution in [0.4, 0.5) is 4.39 Å². The van der Waals surface area contributed by atoms with Gasteiger partial charge in [0.2, 0.25) is 0 Å². The third-order valence-corrected chi connectivity index (χ3v) is 3.57. The fourth-order valence-electron chi connectivity index (χ4n) is 1.90. The fourth-order valence-corrected chi connectivity index (χ4v) is 2.23. The van der Waals surface area contributed by atoms with Crippen molar-refractivity contribution in [1.82, 2.24) is 0 Å². The van der Waals surface area contributed by atoms with Gasteiger partial charge in [0.15, 0.2) is 0 Å². The van der Waals surface area contributed by atoms with Crippen LogP contribution in [0, 0.1) is 12.7 Å². The Morgan fingerprint density at radius 3 is 2.71 bits per heavy atom. The van der Waals surface area contributed by atoms with Crippen molar-refractivity contribution in [3.05, 3.63) is 63.4 Å². The van der Waals surface area contributed by atoms with E-state index in [1.54, 1.807) is 25.1 Å². The highest BCUT2D eigenvalue weighted by molar-refractivity contribution is 9.10. The molecule has 0 atom stereocenters. The lowest BCUT2D eigenvalue weighted by atomic mass is 10.1. The first-order chi connectivity index (χ1) is 10.0. The first-order valence-corrected chi connectivity index (χ1v) is 7.17. The van der Waals surface area contributed by atoms with E-state index in [0.29, 0.717) is 27.1 Å². The molecule has 21 heavy (non-hydrogen) atoms. The summed E-state index contributed by atoms with van der Waals surface area (Å²) in [4.78, 5) is 0. The topological polar surface area (TPSA) is 41.8 Å². The van der Waals surface area contributed by atoms with Gasteiger partial charge in [0.25, 0.3) is 0 Å². The van der Waals surface area contributed by atoms with Gasteiger partial charge in [0, 0.05) is 15.6 Å². The third-order valence-electron chi connectivity index (χ3n) is 3.07. The van der Waals surface area contributed by atoms with Crippen LogP contribution >= 0.6 is 15.9 Å². The van der Waals surface area contributed by atoms with E-state index in [4.69, 9.17) is 9.94 Å². The Morgan fingerprint density at radius 1 is 1.29 bits per heavy atom. The predicted molar refractivity (Wildman–Crippen MR) is 83.6 cm³/mol. The summed E-state index contributed by atoms with van der Waals surface area (Å²) in [5, 5.41) is 12.1. The molecule has 0 spiro atoms. The second-order valence-corrected chi connectivity index (χ2v) is 5.63. The normalized spacial score (nSPS) is 11.5. The largest absolute Gasteiger partial charge is 0.488 e. The van der Waals surface area contributed by atoms with Crippen molar-refractivity contribution < 1.29 is 14.3 Å². The summed E-state index contributed by atoms with van der Waals surface area (Å²) >= 11 is 3.22. The van der Waals surface area contributed by atoms with Crippen LogP contribution in [0.1, 0.15) is 23.6 Å². The minimum Gasteiger partial charge on any atom is -0.488 e. The average Bonchev–Trinajstić information content (AvgIpc) is 2.46. The zero-order valence-electron chi connectivity index (χ0n) is 11.7. The van der Waals surface area contributed by atoms with Crippen molar-refractivity contribution in [2.24, 2.45) is 5.16 Å². The molecule has 110 valence electrons. The molecule has 2 aromatic rings. The molecular formula is C16H15BrFNO2. The Balaban J connectivity index is 2.24. The van der Waals surface area contributed by atoms with Gasteiger partial charge in [-0.1, -0.05) is 38.8 Å². The number of hydrogen-bond donors (Lipinski definition) is 1. The number of oxime groups is 1. The first-order valence-electron chi connectivity index (χ1n) is 6.37. The Bertz CT molecular complexity index is 686. The second-order valence-electron chi connectivity index (χ2n) is 4.71. The number of halogens is 2. The third kappa shape index (κ3) is 3.82. The van der Waals surface area contributed by atoms with E-state index in [9.17, 15) is 4.39 Å². The SMILES string of the molecule is C/C(=N\O)c1cc(C)ccc1OCc1ccc(Br)cc1F. The van der Waals surface area contributed by atoms with E-state index in [1.165, 1.54) is 6.07 Å². The molecule has 0 heterocycles. The average molecular weight is 352 g/mol. The summed E-state index contributed by atoms with van der Waals surface area (Å²) in [5.74, 6) is 0.226. The number of hydrogen-bond acceptors (Lipinski definition) is 3. The lowest BCUT2D eigenvalue weighted by molar-refractivity contribution is 0.297. The van der Waals surface area contributed by atoms with Gasteiger partial charge in [-0.25, -0.2) is 4.39 Å². The Hall–Kier alpha value is -1.88. The number of nitrogens with zero attached hydrogens (tertiary/aromatic N) is 1. The Kier molecular flexibility index (Phi) is 4.96. The van der Waals surface area contributed by atoms with E-state index >= 15 is 0 Å². The lowest BCUT2D eigenvalue weighted by Gasteiger charge is -2.12. The van der Waals surface area contributed by atoms with E-state index in [-0.39, 0.29) is 12.4 Å². The van der Waals surface area contributed by atoms with Crippen LogP contribution in [0.3, 0.4) is 0 Å². The van der Waals surface area contributed by atoms with Crippen LogP contribution in [0.25, 0.3) is 0 Å². The zero-order valence-corrected chi connectivity index (χ0v) is 13.3. The van der Waals surface area contributed by atoms with Gasteiger partial charge in [0.1, 0.15) is 18.2 Å². The van der Waals surface area contributed by atoms with E-state index in [2.05, 4.69) is 21.1 Å². The second kappa shape index (κ2) is 6.72. The minimum atomic E-state index is -0.328. The highest BCUT2D eigenvalue weighted by atomic mass is 79.9. The molecule has 0 radical (unpaired) electrons. The maximum absolute atomic E-state index is 13.8. The van der Waals surface area contributed by atoms with Crippen LogP contribution in [-0.2, 0) is 6.61 Å². The van der Waals surface area contributed by atoms with Crippen molar-refractivity contribution in [3.63, 3.8) is 0 Å². The molecule has 0 amide bonds. The summed E-state index contributed by atoms with van der Waals surface area (Å²) < 4.78 is 20.1. The van der Waals surface area contributed by atoms with E-state index < -0.39 is 0 Å². The van der Waals surface area contributed by atoms with Crippen LogP contribution in [0.15, 0.2) is 46.0 Å². The maximum Gasteiger partial charge on any atom is 0.130 e. The summed E-state index contributed by atoms with van der Waals surface area (Å²) in [6.45, 7) is 3.72. The molecule has 0 aliphatic heterocycles. The first kappa shape index (κ1) is 15.5. The van der Waals surface area contributed by atoms with Crippen molar-refractivity contribution in [2.45, 2.75) is 20.5 Å². The lowest BCUT2D eigenvalue weighted by Crippen LogP contribution is -2.04. The van der Waals surface area contributed by atoms with Crippen molar-refractivity contribution in [1.29, 1.82) is 0 Å². The highest BCUT2D eigenvalue weighted by Gasteiger charge is 2.10. The van der Waals surface area contributed by atoms with Crippen molar-refractivity contribution >= 4 is 21.6 Å². The van der Waals surface area contributed by atoms with E-state index in [0.717, 1.165) is 5.56 Å². The molecule has 1 N–H and O–H groups in total. The molecule has 2 aromatic carbocycles. The Labute approximate surface area is 131 Å². The maximum atomic E-state index is 13.8. The number of rotatable bonds is 4. The predicted octanol–water partition coefficient (Wildman–Crippen LogP) is 4.67. The smallest absolute Gasteiger partial charge is 0.130 e. The van der Waals surface area contributed by atoms with Crippen LogP contribution in [0.2, 0.25) is 0 Å². The fraction of sp³-hybridized carbons (Fsp3) is 0.188. The molecule has 5 heteroatoms. The summed E-state index contributed by atoms with van der Waals surface area (Å²) in [5.41, 5.74) is 2.62. The van der Waals surface area contributed by atoms with Crippen molar-refractivity contribution in [3.8, 4) is 5.75 Å². The van der Waals surface area contributed by atoms with E-state index in [1.807, 2.05) is 19.1 Å². The standard InChI is InChI=1S/C16H15BrFNO2/c1-10-3-6-16(14(7-10)11(2)19-20)21-9-12-4-5-13(17)8-15(12)18/h3-8,20H,9H2,1-2H3/b19-11+. The molecule has 2 rings (SSSR count). The molecule has 0 saturated heterocycles. The molecule has 0 bridgehead atoms. The highest BCUT2D eigenvalue weighted by Crippen LogP contribution is 2.23. The number of aryl methyl sites for hydroxylation is 1. The van der Waals surface area contributed by atoms with Gasteiger partial charge >= 0.3 is 0 Å². The summed E-state index contributed by atoms with van der Waals surface area (Å²) in [6, 6.07) is 10.4. The molecule has 3 nitrogen and oxygen atoms in total. The van der Waals surface area contributed by atoms with Gasteiger partial charge in [-0.05, 0) is 38.1 Å². The summed E-state index contributed by atoms with van der Waals surface area (Å²) in [6.07, 6.45) is 0. The zero-order chi connectivity index (χ0) is 15.4. The van der Waals surface area contributed by atoms with Gasteiger partial charge in [0.05, 0.1) is 5.71 Å². The molecule has 0 saturated carbocycles. The van der Waals surface area contributed by atoms with Crippen LogP contribution in [0.5, 0.6) is 5.75 Å². The molecule has 0 aromatic heterocycles. The monoisotopic (exact) mass is 351 g/mol. The van der Waals surface area contributed by atoms with Crippen molar-refractivity contribution in [2.75, 3.05) is 0 Å². The number of benzene rings is 2. The molecule has 0 unspecified atom stereocenters. The molecule has 0 aliphatic rings. The minimum absolute atomic E-state index is 0.105. The summed E-state index contributed by atoms with van der Waals surface area (Å²) in [7, 11) is 0. The molecule has 0 aliphatic carbocycles. The van der Waals surface area contributed by atoms with Crippen LogP contribution < -0.4 is 4.74 Å². The molecular weight excluding hydrogens is 337 g/mol. The van der Waals surface area contributed by atoms with Gasteiger partial charge < -0.3 is 9.94 Å². The van der Waals surface area contributed by atoms with Crippen LogP contribution in [-0.4, -0.2) is 10.9 Å². The Morgan fingerprint density at radius 2 is 2.05 bits per heavy atom. The molecule has 0 fully saturated rings. The van der Waals surface area contributed by atoms with Gasteiger partial charge in [-0.3, -0.25) is 0 Å². The van der Waals surface area contributed by atoms with Gasteiger partial charge in [-0.2, -0.15) is 0 Å². The van der Waals surface area contributed by atoms with Gasteiger partial charge in [-0.15, -0.1) is 0 Å². The quantitative estimate of drug-likeness (QED) is 0.493.